The fraction of sp³-hybridized carbons (Fsp3) is 0.640. The molecular weight excluding hydrogens is 1880 g/mol. The molecule has 6 amide bonds. The van der Waals surface area contributed by atoms with Gasteiger partial charge in [0.05, 0.1) is 72.2 Å². The van der Waals surface area contributed by atoms with Crippen molar-refractivity contribution in [3.8, 4) is 34.9 Å². The van der Waals surface area contributed by atoms with Gasteiger partial charge in [0.25, 0.3) is 17.8 Å². The van der Waals surface area contributed by atoms with Crippen LogP contribution in [0.4, 0.5) is 40.7 Å². The summed E-state index contributed by atoms with van der Waals surface area (Å²) in [5.41, 5.74) is -2.56. The second-order valence-electron chi connectivity index (χ2n) is 41.1. The minimum atomic E-state index is -3.25. The van der Waals surface area contributed by atoms with E-state index in [4.69, 9.17) is 42.6 Å². The van der Waals surface area contributed by atoms with Gasteiger partial charge in [0.15, 0.2) is 0 Å². The van der Waals surface area contributed by atoms with Gasteiger partial charge in [0.1, 0.15) is 71.5 Å². The maximum atomic E-state index is 16.1. The summed E-state index contributed by atoms with van der Waals surface area (Å²) in [6.45, 7) is 27.9. The van der Waals surface area contributed by atoms with Crippen LogP contribution in [0.5, 0.6) is 34.9 Å². The summed E-state index contributed by atoms with van der Waals surface area (Å²) < 4.78 is 149. The van der Waals surface area contributed by atoms with Gasteiger partial charge in [-0.05, 0) is 192 Å². The van der Waals surface area contributed by atoms with Crippen molar-refractivity contribution in [2.24, 2.45) is 51.8 Å². The predicted octanol–water partition coefficient (Wildman–Crippen LogP) is 17.9. The van der Waals surface area contributed by atoms with Crippen LogP contribution in [0.15, 0.2) is 72.8 Å². The number of hydrogen-bond acceptors (Lipinski definition) is 21. The first kappa shape index (κ1) is 108. The number of hydrogen-bond donors (Lipinski definition) is 3. The Hall–Kier alpha value is -8.75. The van der Waals surface area contributed by atoms with Gasteiger partial charge < -0.3 is 87.7 Å². The molecule has 6 aromatic rings. The Kier molecular flexibility index (Phi) is 34.5. The van der Waals surface area contributed by atoms with Gasteiger partial charge in [-0.3, -0.25) is 14.4 Å². The molecule has 16 rings (SSSR count). The second-order valence-corrected chi connectivity index (χ2v) is 41.1. The molecule has 36 heteroatoms. The van der Waals surface area contributed by atoms with Gasteiger partial charge in [-0.15, -0.1) is 0 Å². The Morgan fingerprint density at radius 3 is 1.15 bits per heavy atom. The van der Waals surface area contributed by atoms with E-state index < -0.39 is 167 Å². The third-order valence-electron chi connectivity index (χ3n) is 27.8. The van der Waals surface area contributed by atoms with Crippen molar-refractivity contribution in [2.75, 3.05) is 32.8 Å². The number of benzene rings is 3. The topological polar surface area (TPSA) is 321 Å². The van der Waals surface area contributed by atoms with Crippen LogP contribution in [0.2, 0.25) is 0 Å². The van der Waals surface area contributed by atoms with E-state index in [1.807, 2.05) is 95.0 Å². The number of amides is 6. The number of alkyl halides is 6. The van der Waals surface area contributed by atoms with Crippen molar-refractivity contribution in [1.29, 1.82) is 0 Å². The molecule has 4 saturated carbocycles. The fourth-order valence-corrected chi connectivity index (χ4v) is 19.4. The zero-order chi connectivity index (χ0) is 95.9. The molecule has 3 aromatic heterocycles. The number of fused-ring (bicyclic) bond motifs is 15. The number of carbonyl (C=O) groups excluding carboxylic acids is 9. The Bertz CT molecular complexity index is 5320. The summed E-state index contributed by atoms with van der Waals surface area (Å²) >= 11 is 0. The number of halogens is 6. The molecular formula is C100H126F6N9O18V3-3. The standard InChI is InChI=1S/C35H44F2N3O6.C33H42F2N3O6.C32H40F2N3O6.3V/c1-6-24-27(19-41)40-18-28(24)45-30-25(15-20-10-11-23(16-26(20)38-30)44-22-12-13-22)35(36,37)14-8-7-9-21-17-34(21,5)46-32(43)39-29(31(40)42)33(2,3)4;1-6-22-25(18-39)38-17-27(22)43-29-23(14-19-11-12-21(42-7-2)16-24(19)36-29)33(34,35)13-9-8-10-20-15-26(20)44-31(41)37-28(30(38)40)32(3,4)5;1-6-41-21-11-10-19-13-22-28(35-23(19)15-21)42-26-16-37(24(17-38)18(26)2)29(39)27(31(3,4)5)36-30(40)43-25-14-20(25)9-7-8-12-32(22,33)34;;;/h10-11,15-16,21-22,24,27-29H,6-9,12-14,17-18H2,1-5H3,(H,39,43);11-12,14,16,20,22,25-28H,6-10,13,15,17H2,1-5H3,(H,37,41);10-11,13,15,18,20,24-27H,6-9,12,14,16H2,1-5H3,(H,36,40);;;/q3*-1;;;/t21-,24+,27-,28+,29-,34-;20-,22+,25-,26-,27+,28-;18-,20+,24+,25+,26-,27+;;;/m110.../s1. The summed E-state index contributed by atoms with van der Waals surface area (Å²) in [5.74, 6) is -11.6. The molecule has 10 aliphatic rings. The summed E-state index contributed by atoms with van der Waals surface area (Å²) in [6, 6.07) is 13.7. The zero-order valence-electron chi connectivity index (χ0n) is 79.9. The number of pyridine rings is 3. The molecule has 136 heavy (non-hydrogen) atoms. The number of ether oxygens (including phenoxy) is 9. The molecule has 7 fully saturated rings. The number of rotatable bonds is 11. The smallest absolute Gasteiger partial charge is 0.408 e. The largest absolute Gasteiger partial charge is 0.540 e. The van der Waals surface area contributed by atoms with E-state index in [0.29, 0.717) is 134 Å². The number of alkyl carbamates (subject to hydrolysis) is 3. The van der Waals surface area contributed by atoms with Crippen molar-refractivity contribution >= 4 is 87.6 Å². The first-order valence-electron chi connectivity index (χ1n) is 47.3. The summed E-state index contributed by atoms with van der Waals surface area (Å²) in [7, 11) is 0. The number of carbonyl (C=O) groups is 6. The van der Waals surface area contributed by atoms with Crippen LogP contribution < -0.4 is 44.4 Å². The van der Waals surface area contributed by atoms with Crippen molar-refractivity contribution in [1.82, 2.24) is 45.6 Å². The molecule has 0 spiro atoms. The van der Waals surface area contributed by atoms with E-state index >= 15 is 26.3 Å². The van der Waals surface area contributed by atoms with Crippen LogP contribution in [0.1, 0.15) is 243 Å². The van der Waals surface area contributed by atoms with Crippen molar-refractivity contribution in [3.63, 3.8) is 0 Å². The molecule has 0 unspecified atom stereocenters. The zero-order valence-corrected chi connectivity index (χ0v) is 84.1. The summed E-state index contributed by atoms with van der Waals surface area (Å²) in [4.78, 5) is 135. The molecule has 4 aliphatic carbocycles. The van der Waals surface area contributed by atoms with Crippen molar-refractivity contribution in [3.05, 3.63) is 89.5 Å². The third-order valence-corrected chi connectivity index (χ3v) is 27.8. The minimum absolute atomic E-state index is 0. The van der Waals surface area contributed by atoms with E-state index in [9.17, 15) is 43.2 Å². The number of nitrogens with one attached hydrogen (secondary N) is 3. The van der Waals surface area contributed by atoms with Crippen LogP contribution in [-0.2, 0) is 116 Å². The molecule has 3 N–H and O–H groups in total. The molecule has 3 aromatic carbocycles. The molecule has 6 aliphatic heterocycles. The SMILES string of the molecule is CCOc1ccc2cc3c(nc2c1)O[C@H]1CN(C(=O)[C@H](C(C)(C)C)NC(=O)O[C@@H]2C[C@H]2CCCCC3(F)F)[C@H]([C-]=O)[C@@H]1C.CCOc1ccc2cc3c(nc2c1)O[C@H]1CN(C(=O)[C@H](C(C)(C)C)NC(=O)O[C@@H]2C[C@H]2CCCCC3(F)F)[C@H]([C-]=O)[C@@H]1CC.CC[C@@H]1[C@@H]2CN(C(=O)[C@H](C(C)(C)C)NC(=O)O[C@]3(C)C[C@H]3CCCCC(F)(F)c3cc4ccc(OC5CC5)cc4nc3O2)[C@@H]1[C-]=O.[V].[V].[V]. The average Bonchev–Trinajstić information content (AvgIpc) is 1.56. The summed E-state index contributed by atoms with van der Waals surface area (Å²) in [5, 5.41) is 9.83. The van der Waals surface area contributed by atoms with E-state index in [2.05, 4.69) is 30.9 Å². The quantitative estimate of drug-likeness (QED) is 0.0616. The monoisotopic (exact) mass is 2010 g/mol. The van der Waals surface area contributed by atoms with Crippen LogP contribution in [-0.4, -0.2) is 196 Å². The first-order chi connectivity index (χ1) is 62.9. The fourth-order valence-electron chi connectivity index (χ4n) is 19.4. The number of nitrogens with zero attached hydrogens (tertiary/aromatic N) is 6. The van der Waals surface area contributed by atoms with Gasteiger partial charge in [0.2, 0.25) is 35.4 Å². The minimum Gasteiger partial charge on any atom is -0.540 e. The third kappa shape index (κ3) is 24.8. The van der Waals surface area contributed by atoms with E-state index in [1.165, 1.54) is 32.9 Å². The van der Waals surface area contributed by atoms with E-state index in [0.717, 1.165) is 12.8 Å². The van der Waals surface area contributed by atoms with Crippen LogP contribution in [0, 0.1) is 51.8 Å². The average molecular weight is 2010 g/mol. The maximum absolute atomic E-state index is 16.1. The van der Waals surface area contributed by atoms with Gasteiger partial charge in [-0.1, -0.05) is 133 Å². The molecule has 9 heterocycles. The molecule has 6 bridgehead atoms. The first-order valence-corrected chi connectivity index (χ1v) is 47.3. The van der Waals surface area contributed by atoms with Gasteiger partial charge in [0, 0.05) is 115 Å². The second kappa shape index (κ2) is 43.6. The van der Waals surface area contributed by atoms with Crippen molar-refractivity contribution < 1.29 is 168 Å². The van der Waals surface area contributed by atoms with Gasteiger partial charge in [-0.2, -0.15) is 0 Å². The van der Waals surface area contributed by atoms with Crippen LogP contribution in [0.25, 0.3) is 32.7 Å². The molecule has 3 saturated heterocycles. The van der Waals surface area contributed by atoms with E-state index in [-0.39, 0.29) is 165 Å². The Labute approximate surface area is 826 Å². The number of aromatic nitrogens is 3. The van der Waals surface area contributed by atoms with E-state index in [1.54, 1.807) is 82.3 Å². The Morgan fingerprint density at radius 2 is 0.787 bits per heavy atom. The maximum Gasteiger partial charge on any atom is 0.408 e. The molecule has 3 radical (unpaired) electrons. The predicted molar refractivity (Wildman–Crippen MR) is 481 cm³/mol. The molecule has 739 valence electrons. The summed E-state index contributed by atoms with van der Waals surface area (Å²) in [6.07, 6.45) is 8.72. The molecule has 18 atom stereocenters. The van der Waals surface area contributed by atoms with Crippen LogP contribution >= 0.6 is 0 Å². The Balaban J connectivity index is 0.000000194. The van der Waals surface area contributed by atoms with Crippen LogP contribution in [0.3, 0.4) is 0 Å². The van der Waals surface area contributed by atoms with Gasteiger partial charge >= 0.3 is 18.3 Å². The Morgan fingerprint density at radius 1 is 0.441 bits per heavy atom. The molecule has 27 nitrogen and oxygen atoms in total. The van der Waals surface area contributed by atoms with Crippen molar-refractivity contribution in [2.45, 2.75) is 322 Å². The normalized spacial score (nSPS) is 29.6. The van der Waals surface area contributed by atoms with Gasteiger partial charge in [-0.25, -0.2) is 74.5 Å².